The van der Waals surface area contributed by atoms with Crippen LogP contribution in [0.3, 0.4) is 0 Å². The van der Waals surface area contributed by atoms with Gasteiger partial charge in [-0.1, -0.05) is 30.3 Å². The topological polar surface area (TPSA) is 37.3 Å². The lowest BCUT2D eigenvalue weighted by Crippen LogP contribution is -2.20. The Morgan fingerprint density at radius 2 is 1.75 bits per heavy atom. The molecule has 1 aromatic carbocycles. The summed E-state index contributed by atoms with van der Waals surface area (Å²) >= 11 is 0. The summed E-state index contributed by atoms with van der Waals surface area (Å²) in [7, 11) is 0. The molecule has 2 nitrogen and oxygen atoms in total. The van der Waals surface area contributed by atoms with Gasteiger partial charge in [0.1, 0.15) is 0 Å². The maximum absolute atomic E-state index is 11.9. The summed E-state index contributed by atoms with van der Waals surface area (Å²) in [6, 6.07) is 9.48. The van der Waals surface area contributed by atoms with E-state index in [1.54, 1.807) is 0 Å². The van der Waals surface area contributed by atoms with Gasteiger partial charge in [-0.15, -0.1) is 0 Å². The Bertz CT molecular complexity index is 337. The summed E-state index contributed by atoms with van der Waals surface area (Å²) in [5.41, 5.74) is 0.814. The average molecular weight is 218 g/mol. The molecule has 1 aliphatic carbocycles. The third-order valence-corrected chi connectivity index (χ3v) is 3.39. The van der Waals surface area contributed by atoms with Crippen molar-refractivity contribution < 1.29 is 9.90 Å². The van der Waals surface area contributed by atoms with Gasteiger partial charge in [0.2, 0.25) is 0 Å². The first-order chi connectivity index (χ1) is 7.75. The number of carbonyl (C=O) groups is 1. The van der Waals surface area contributed by atoms with Gasteiger partial charge in [-0.3, -0.25) is 4.79 Å². The zero-order chi connectivity index (χ0) is 11.4. The van der Waals surface area contributed by atoms with Gasteiger partial charge in [0, 0.05) is 12.0 Å². The van der Waals surface area contributed by atoms with Crippen LogP contribution < -0.4 is 0 Å². The second-order valence-corrected chi connectivity index (χ2v) is 4.67. The van der Waals surface area contributed by atoms with Gasteiger partial charge < -0.3 is 5.11 Å². The third kappa shape index (κ3) is 2.92. The quantitative estimate of drug-likeness (QED) is 0.792. The van der Waals surface area contributed by atoms with Crippen LogP contribution >= 0.6 is 0 Å². The maximum Gasteiger partial charge on any atom is 0.163 e. The van der Waals surface area contributed by atoms with Gasteiger partial charge in [0.15, 0.2) is 5.78 Å². The van der Waals surface area contributed by atoms with E-state index in [9.17, 15) is 9.90 Å². The molecule has 0 unspecified atom stereocenters. The molecule has 0 aromatic heterocycles. The number of Topliss-reactive ketones (excluding diaryl/α,β-unsaturated/α-hetero) is 1. The molecule has 1 fully saturated rings. The van der Waals surface area contributed by atoms with Crippen molar-refractivity contribution in [2.75, 3.05) is 0 Å². The number of carbonyl (C=O) groups excluding carboxylic acids is 1. The summed E-state index contributed by atoms with van der Waals surface area (Å²) in [4.78, 5) is 11.9. The fraction of sp³-hybridized carbons (Fsp3) is 0.500. The fourth-order valence-corrected chi connectivity index (χ4v) is 2.35. The van der Waals surface area contributed by atoms with Gasteiger partial charge in [0.05, 0.1) is 6.10 Å². The van der Waals surface area contributed by atoms with E-state index in [1.807, 2.05) is 30.3 Å². The Kier molecular flexibility index (Phi) is 3.73. The summed E-state index contributed by atoms with van der Waals surface area (Å²) in [5, 5.41) is 9.39. The Morgan fingerprint density at radius 1 is 1.12 bits per heavy atom. The van der Waals surface area contributed by atoms with Crippen LogP contribution in [-0.2, 0) is 0 Å². The number of benzene rings is 1. The largest absolute Gasteiger partial charge is 0.393 e. The van der Waals surface area contributed by atoms with E-state index in [1.165, 1.54) is 0 Å². The molecule has 2 rings (SSSR count). The summed E-state index contributed by atoms with van der Waals surface area (Å²) in [6.07, 6.45) is 4.18. The lowest BCUT2D eigenvalue weighted by Gasteiger charge is -2.24. The number of aliphatic hydroxyl groups excluding tert-OH is 1. The van der Waals surface area contributed by atoms with Crippen molar-refractivity contribution in [1.82, 2.24) is 0 Å². The number of ketones is 1. The lowest BCUT2D eigenvalue weighted by atomic mass is 9.83. The zero-order valence-corrected chi connectivity index (χ0v) is 9.43. The van der Waals surface area contributed by atoms with Gasteiger partial charge in [-0.25, -0.2) is 0 Å². The van der Waals surface area contributed by atoms with Crippen LogP contribution in [0.5, 0.6) is 0 Å². The predicted molar refractivity (Wildman–Crippen MR) is 63.4 cm³/mol. The molecule has 0 saturated heterocycles. The second kappa shape index (κ2) is 5.26. The smallest absolute Gasteiger partial charge is 0.163 e. The number of aliphatic hydroxyl groups is 1. The van der Waals surface area contributed by atoms with Crippen molar-refractivity contribution in [1.29, 1.82) is 0 Å². The van der Waals surface area contributed by atoms with E-state index in [4.69, 9.17) is 0 Å². The summed E-state index contributed by atoms with van der Waals surface area (Å²) < 4.78 is 0. The molecule has 0 atom stereocenters. The van der Waals surface area contributed by atoms with Crippen molar-refractivity contribution >= 4 is 5.78 Å². The third-order valence-electron chi connectivity index (χ3n) is 3.39. The molecular formula is C14H18O2. The standard InChI is InChI=1S/C14H18O2/c15-13-8-6-11(7-9-13)10-14(16)12-4-2-1-3-5-12/h1-5,11,13,15H,6-10H2. The van der Waals surface area contributed by atoms with Gasteiger partial charge >= 0.3 is 0 Å². The molecule has 0 radical (unpaired) electrons. The van der Waals surface area contributed by atoms with Crippen LogP contribution in [0.1, 0.15) is 42.5 Å². The number of hydrogen-bond acceptors (Lipinski definition) is 2. The van der Waals surface area contributed by atoms with Gasteiger partial charge in [-0.05, 0) is 31.6 Å². The lowest BCUT2D eigenvalue weighted by molar-refractivity contribution is 0.0860. The highest BCUT2D eigenvalue weighted by molar-refractivity contribution is 5.96. The van der Waals surface area contributed by atoms with Crippen LogP contribution in [-0.4, -0.2) is 17.0 Å². The molecule has 1 saturated carbocycles. The highest BCUT2D eigenvalue weighted by Crippen LogP contribution is 2.27. The van der Waals surface area contributed by atoms with Crippen molar-refractivity contribution in [2.45, 2.75) is 38.2 Å². The molecule has 0 bridgehead atoms. The molecule has 1 aromatic rings. The van der Waals surface area contributed by atoms with E-state index >= 15 is 0 Å². The molecule has 1 aliphatic rings. The molecule has 0 aliphatic heterocycles. The Morgan fingerprint density at radius 3 is 2.38 bits per heavy atom. The predicted octanol–water partition coefficient (Wildman–Crippen LogP) is 2.81. The van der Waals surface area contributed by atoms with Crippen LogP contribution in [0, 0.1) is 5.92 Å². The minimum Gasteiger partial charge on any atom is -0.393 e. The number of rotatable bonds is 3. The van der Waals surface area contributed by atoms with Crippen molar-refractivity contribution in [3.05, 3.63) is 35.9 Å². The van der Waals surface area contributed by atoms with E-state index in [0.717, 1.165) is 31.2 Å². The normalized spacial score (nSPS) is 25.3. The molecule has 1 N–H and O–H groups in total. The monoisotopic (exact) mass is 218 g/mol. The van der Waals surface area contributed by atoms with Crippen LogP contribution in [0.2, 0.25) is 0 Å². The van der Waals surface area contributed by atoms with E-state index in [0.29, 0.717) is 12.3 Å². The Balaban J connectivity index is 1.88. The molecule has 0 heterocycles. The first-order valence-electron chi connectivity index (χ1n) is 6.02. The fourth-order valence-electron chi connectivity index (χ4n) is 2.35. The number of hydrogen-bond donors (Lipinski definition) is 1. The summed E-state index contributed by atoms with van der Waals surface area (Å²) in [6.45, 7) is 0. The highest BCUT2D eigenvalue weighted by Gasteiger charge is 2.21. The molecular weight excluding hydrogens is 200 g/mol. The van der Waals surface area contributed by atoms with Crippen molar-refractivity contribution in [3.8, 4) is 0 Å². The van der Waals surface area contributed by atoms with Crippen molar-refractivity contribution in [3.63, 3.8) is 0 Å². The van der Waals surface area contributed by atoms with Crippen molar-refractivity contribution in [2.24, 2.45) is 5.92 Å². The van der Waals surface area contributed by atoms with E-state index in [-0.39, 0.29) is 11.9 Å². The maximum atomic E-state index is 11.9. The van der Waals surface area contributed by atoms with Gasteiger partial charge in [-0.2, -0.15) is 0 Å². The van der Waals surface area contributed by atoms with Crippen LogP contribution in [0.4, 0.5) is 0 Å². The minimum atomic E-state index is -0.136. The Hall–Kier alpha value is -1.15. The first-order valence-corrected chi connectivity index (χ1v) is 6.02. The minimum absolute atomic E-state index is 0.136. The molecule has 0 amide bonds. The average Bonchev–Trinajstić information content (AvgIpc) is 2.33. The highest BCUT2D eigenvalue weighted by atomic mass is 16.3. The van der Waals surface area contributed by atoms with E-state index < -0.39 is 0 Å². The second-order valence-electron chi connectivity index (χ2n) is 4.67. The van der Waals surface area contributed by atoms with Crippen LogP contribution in [0.25, 0.3) is 0 Å². The molecule has 0 spiro atoms. The molecule has 2 heteroatoms. The van der Waals surface area contributed by atoms with E-state index in [2.05, 4.69) is 0 Å². The molecule has 16 heavy (non-hydrogen) atoms. The SMILES string of the molecule is O=C(CC1CCC(O)CC1)c1ccccc1. The summed E-state index contributed by atoms with van der Waals surface area (Å²) in [5.74, 6) is 0.707. The first kappa shape index (κ1) is 11.3. The zero-order valence-electron chi connectivity index (χ0n) is 9.43. The van der Waals surface area contributed by atoms with Gasteiger partial charge in [0.25, 0.3) is 0 Å². The molecule has 86 valence electrons. The van der Waals surface area contributed by atoms with Crippen LogP contribution in [0.15, 0.2) is 30.3 Å². The Labute approximate surface area is 96.3 Å².